The molecule has 3 saturated carbocycles. The van der Waals surface area contributed by atoms with E-state index >= 15 is 0 Å². The van der Waals surface area contributed by atoms with E-state index in [0.29, 0.717) is 42.7 Å². The molecule has 0 N–H and O–H groups in total. The van der Waals surface area contributed by atoms with Crippen LogP contribution < -0.4 is 0 Å². The molecule has 0 radical (unpaired) electrons. The fourth-order valence-corrected chi connectivity index (χ4v) is 9.06. The van der Waals surface area contributed by atoms with Gasteiger partial charge in [-0.2, -0.15) is 0 Å². The molecule has 1 aliphatic heterocycles. The second-order valence-corrected chi connectivity index (χ2v) is 12.2. The van der Waals surface area contributed by atoms with Crippen LogP contribution in [0, 0.1) is 40.4 Å². The van der Waals surface area contributed by atoms with Crippen molar-refractivity contribution in [2.75, 3.05) is 26.3 Å². The molecule has 0 aromatic carbocycles. The van der Waals surface area contributed by atoms with Gasteiger partial charge in [0.25, 0.3) is 0 Å². The molecular weight excluding hydrogens is 398 g/mol. The Morgan fingerprint density at radius 2 is 1.88 bits per heavy atom. The molecule has 5 aliphatic rings. The van der Waals surface area contributed by atoms with Gasteiger partial charge in [0.2, 0.25) is 5.91 Å². The van der Waals surface area contributed by atoms with E-state index in [0.717, 1.165) is 62.4 Å². The largest absolute Gasteiger partial charge is 0.378 e. The van der Waals surface area contributed by atoms with Crippen LogP contribution in [0.5, 0.6) is 0 Å². The Morgan fingerprint density at radius 3 is 2.66 bits per heavy atom. The fourth-order valence-electron chi connectivity index (χ4n) is 9.06. The maximum absolute atomic E-state index is 12.7. The minimum atomic E-state index is 0.270. The monoisotopic (exact) mass is 441 g/mol. The summed E-state index contributed by atoms with van der Waals surface area (Å²) in [4.78, 5) is 26.8. The van der Waals surface area contributed by atoms with Crippen molar-refractivity contribution in [3.63, 3.8) is 0 Å². The maximum atomic E-state index is 12.7. The summed E-state index contributed by atoms with van der Waals surface area (Å²) >= 11 is 0. The van der Waals surface area contributed by atoms with E-state index in [1.54, 1.807) is 0 Å². The Labute approximate surface area is 194 Å². The van der Waals surface area contributed by atoms with Gasteiger partial charge in [-0.3, -0.25) is 9.59 Å². The molecule has 4 nitrogen and oxygen atoms in total. The molecule has 32 heavy (non-hydrogen) atoms. The summed E-state index contributed by atoms with van der Waals surface area (Å²) in [6, 6.07) is 0. The number of carbonyl (C=O) groups excluding carboxylic acids is 2. The molecule has 5 rings (SSSR count). The van der Waals surface area contributed by atoms with Gasteiger partial charge in [-0.25, -0.2) is 0 Å². The predicted molar refractivity (Wildman–Crippen MR) is 126 cm³/mol. The van der Waals surface area contributed by atoms with Crippen LogP contribution in [-0.2, 0) is 14.3 Å². The third-order valence-corrected chi connectivity index (χ3v) is 10.9. The SMILES string of the molecule is CC(CCC(=O)N1CCOCC1)C1CCC2C3CCC4=CC(=O)CCC4(C)C3CCC12C. The molecule has 0 aromatic rings. The summed E-state index contributed by atoms with van der Waals surface area (Å²) in [6.07, 6.45) is 13.4. The summed E-state index contributed by atoms with van der Waals surface area (Å²) in [6.45, 7) is 10.4. The Bertz CT molecular complexity index is 784. The number of carbonyl (C=O) groups is 2. The normalized spacial score (nSPS) is 42.5. The van der Waals surface area contributed by atoms with E-state index in [1.807, 2.05) is 11.0 Å². The average Bonchev–Trinajstić information content (AvgIpc) is 3.15. The van der Waals surface area contributed by atoms with Crippen molar-refractivity contribution in [2.24, 2.45) is 40.4 Å². The summed E-state index contributed by atoms with van der Waals surface area (Å²) in [5.41, 5.74) is 2.18. The molecule has 178 valence electrons. The van der Waals surface area contributed by atoms with Gasteiger partial charge in [-0.15, -0.1) is 0 Å². The number of hydrogen-bond donors (Lipinski definition) is 0. The van der Waals surface area contributed by atoms with Crippen molar-refractivity contribution in [1.82, 2.24) is 4.90 Å². The lowest BCUT2D eigenvalue weighted by Crippen LogP contribution is -2.51. The van der Waals surface area contributed by atoms with E-state index in [4.69, 9.17) is 4.74 Å². The quantitative estimate of drug-likeness (QED) is 0.586. The number of amides is 1. The lowest BCUT2D eigenvalue weighted by molar-refractivity contribution is -0.135. The van der Waals surface area contributed by atoms with Crippen LogP contribution in [0.25, 0.3) is 0 Å². The molecule has 4 fully saturated rings. The van der Waals surface area contributed by atoms with E-state index in [2.05, 4.69) is 20.8 Å². The number of allylic oxidation sites excluding steroid dienone is 1. The average molecular weight is 442 g/mol. The molecule has 7 atom stereocenters. The predicted octanol–water partition coefficient (Wildman–Crippen LogP) is 5.41. The van der Waals surface area contributed by atoms with Gasteiger partial charge < -0.3 is 9.64 Å². The van der Waals surface area contributed by atoms with Crippen LogP contribution in [0.15, 0.2) is 11.6 Å². The number of hydrogen-bond acceptors (Lipinski definition) is 3. The molecule has 0 aromatic heterocycles. The van der Waals surface area contributed by atoms with E-state index in [1.165, 1.54) is 37.7 Å². The van der Waals surface area contributed by atoms with Crippen LogP contribution in [0.1, 0.15) is 85.0 Å². The minimum absolute atomic E-state index is 0.270. The first-order chi connectivity index (χ1) is 15.3. The summed E-state index contributed by atoms with van der Waals surface area (Å²) in [5, 5.41) is 0. The van der Waals surface area contributed by atoms with Gasteiger partial charge in [-0.05, 0) is 97.9 Å². The first-order valence-corrected chi connectivity index (χ1v) is 13.4. The van der Waals surface area contributed by atoms with E-state index in [9.17, 15) is 9.59 Å². The molecule has 7 unspecified atom stereocenters. The van der Waals surface area contributed by atoms with Crippen molar-refractivity contribution < 1.29 is 14.3 Å². The van der Waals surface area contributed by atoms with Crippen LogP contribution in [0.4, 0.5) is 0 Å². The van der Waals surface area contributed by atoms with E-state index < -0.39 is 0 Å². The maximum Gasteiger partial charge on any atom is 0.222 e. The number of ketones is 1. The van der Waals surface area contributed by atoms with Gasteiger partial charge >= 0.3 is 0 Å². The van der Waals surface area contributed by atoms with Crippen molar-refractivity contribution >= 4 is 11.7 Å². The smallest absolute Gasteiger partial charge is 0.222 e. The first kappa shape index (κ1) is 22.6. The Kier molecular flexibility index (Phi) is 6.05. The number of rotatable bonds is 4. The number of fused-ring (bicyclic) bond motifs is 5. The van der Waals surface area contributed by atoms with Crippen molar-refractivity contribution in [2.45, 2.75) is 85.0 Å². The van der Waals surface area contributed by atoms with Crippen molar-refractivity contribution in [1.29, 1.82) is 0 Å². The highest BCUT2D eigenvalue weighted by Gasteiger charge is 2.59. The highest BCUT2D eigenvalue weighted by Crippen LogP contribution is 2.67. The summed E-state index contributed by atoms with van der Waals surface area (Å²) < 4.78 is 5.40. The summed E-state index contributed by atoms with van der Waals surface area (Å²) in [7, 11) is 0. The van der Waals surface area contributed by atoms with Crippen LogP contribution in [0.2, 0.25) is 0 Å². The third-order valence-electron chi connectivity index (χ3n) is 10.9. The Balaban J connectivity index is 1.25. The highest BCUT2D eigenvalue weighted by atomic mass is 16.5. The molecule has 4 aliphatic carbocycles. The molecular formula is C28H43NO3. The van der Waals surface area contributed by atoms with Gasteiger partial charge in [-0.1, -0.05) is 26.3 Å². The van der Waals surface area contributed by atoms with E-state index in [-0.39, 0.29) is 5.41 Å². The third kappa shape index (κ3) is 3.69. The van der Waals surface area contributed by atoms with Crippen LogP contribution >= 0.6 is 0 Å². The standard InChI is InChI=1S/C28H43NO3/c1-19(4-9-26(31)29-14-16-32-17-15-29)23-7-8-24-22-6-5-20-18-21(30)10-12-27(20,2)25(22)11-13-28(23,24)3/h18-19,22-25H,4-17H2,1-3H3. The fraction of sp³-hybridized carbons (Fsp3) is 0.857. The molecule has 1 amide bonds. The van der Waals surface area contributed by atoms with Gasteiger partial charge in [0, 0.05) is 25.9 Å². The first-order valence-electron chi connectivity index (χ1n) is 13.4. The van der Waals surface area contributed by atoms with Crippen LogP contribution in [-0.4, -0.2) is 42.9 Å². The number of morpholine rings is 1. The Hall–Kier alpha value is -1.16. The molecule has 0 bridgehead atoms. The van der Waals surface area contributed by atoms with Crippen molar-refractivity contribution in [3.8, 4) is 0 Å². The second-order valence-electron chi connectivity index (χ2n) is 12.2. The zero-order valence-corrected chi connectivity index (χ0v) is 20.5. The molecule has 1 saturated heterocycles. The topological polar surface area (TPSA) is 46.6 Å². The molecule has 1 heterocycles. The zero-order chi connectivity index (χ0) is 22.5. The number of ether oxygens (including phenoxy) is 1. The van der Waals surface area contributed by atoms with Crippen LogP contribution in [0.3, 0.4) is 0 Å². The van der Waals surface area contributed by atoms with Crippen molar-refractivity contribution in [3.05, 3.63) is 11.6 Å². The zero-order valence-electron chi connectivity index (χ0n) is 20.5. The summed E-state index contributed by atoms with van der Waals surface area (Å²) in [5.74, 6) is 4.49. The van der Waals surface area contributed by atoms with Gasteiger partial charge in [0.05, 0.1) is 13.2 Å². The second kappa shape index (κ2) is 8.56. The minimum Gasteiger partial charge on any atom is -0.378 e. The molecule has 0 spiro atoms. The Morgan fingerprint density at radius 1 is 1.09 bits per heavy atom. The van der Waals surface area contributed by atoms with Gasteiger partial charge in [0.1, 0.15) is 0 Å². The lowest BCUT2D eigenvalue weighted by Gasteiger charge is -2.58. The number of nitrogens with zero attached hydrogens (tertiary/aromatic N) is 1. The molecule has 4 heteroatoms. The lowest BCUT2D eigenvalue weighted by atomic mass is 9.46. The van der Waals surface area contributed by atoms with Gasteiger partial charge in [0.15, 0.2) is 5.78 Å². The highest BCUT2D eigenvalue weighted by molar-refractivity contribution is 5.91.